The quantitative estimate of drug-likeness (QED) is 0.919. The van der Waals surface area contributed by atoms with Crippen molar-refractivity contribution in [3.05, 3.63) is 22.6 Å². The van der Waals surface area contributed by atoms with Gasteiger partial charge in [0.05, 0.1) is 6.04 Å². The van der Waals surface area contributed by atoms with Crippen LogP contribution in [0.15, 0.2) is 21.2 Å². The van der Waals surface area contributed by atoms with E-state index in [9.17, 15) is 0 Å². The largest absolute Gasteiger partial charge is 0.453 e. The monoisotopic (exact) mass is 295 g/mol. The lowest BCUT2D eigenvalue weighted by atomic mass is 10.0. The first-order valence-corrected chi connectivity index (χ1v) is 7.54. The van der Waals surface area contributed by atoms with Crippen molar-refractivity contribution < 1.29 is 4.42 Å². The van der Waals surface area contributed by atoms with E-state index in [4.69, 9.17) is 4.42 Å². The Morgan fingerprint density at radius 2 is 2.00 bits per heavy atom. The maximum absolute atomic E-state index is 5.62. The molecule has 2 nitrogen and oxygen atoms in total. The SMILES string of the molecule is CC(NC1C2C3CCC(C3)C12)c1ccc(Br)o1. The number of rotatable bonds is 3. The van der Waals surface area contributed by atoms with Crippen LogP contribution in [-0.2, 0) is 0 Å². The molecule has 3 aliphatic carbocycles. The number of nitrogens with one attached hydrogen (secondary N) is 1. The summed E-state index contributed by atoms with van der Waals surface area (Å²) in [6.07, 6.45) is 4.50. The number of fused-ring (bicyclic) bond motifs is 5. The third-order valence-electron chi connectivity index (χ3n) is 5.20. The van der Waals surface area contributed by atoms with Crippen molar-refractivity contribution in [2.24, 2.45) is 23.7 Å². The Morgan fingerprint density at radius 1 is 1.29 bits per heavy atom. The summed E-state index contributed by atoms with van der Waals surface area (Å²) in [4.78, 5) is 0. The van der Waals surface area contributed by atoms with Crippen molar-refractivity contribution in [3.63, 3.8) is 0 Å². The van der Waals surface area contributed by atoms with E-state index in [0.717, 1.165) is 40.1 Å². The van der Waals surface area contributed by atoms with Gasteiger partial charge in [0.25, 0.3) is 0 Å². The lowest BCUT2D eigenvalue weighted by Gasteiger charge is -2.15. The average molecular weight is 296 g/mol. The molecular weight excluding hydrogens is 278 g/mol. The van der Waals surface area contributed by atoms with Gasteiger partial charge in [0.15, 0.2) is 4.67 Å². The fraction of sp³-hybridized carbons (Fsp3) is 0.714. The number of halogens is 1. The van der Waals surface area contributed by atoms with Crippen LogP contribution in [-0.4, -0.2) is 6.04 Å². The first kappa shape index (κ1) is 10.6. The summed E-state index contributed by atoms with van der Waals surface area (Å²) in [6.45, 7) is 2.21. The normalized spacial score (nSPS) is 43.8. The van der Waals surface area contributed by atoms with E-state index in [1.165, 1.54) is 19.3 Å². The number of furan rings is 1. The second-order valence-electron chi connectivity index (χ2n) is 6.04. The Balaban J connectivity index is 1.43. The summed E-state index contributed by atoms with van der Waals surface area (Å²) >= 11 is 3.37. The molecule has 1 N–H and O–H groups in total. The zero-order valence-corrected chi connectivity index (χ0v) is 11.6. The molecule has 0 aliphatic heterocycles. The van der Waals surface area contributed by atoms with Gasteiger partial charge in [0.2, 0.25) is 0 Å². The molecule has 3 fully saturated rings. The molecule has 92 valence electrons. The Morgan fingerprint density at radius 3 is 2.59 bits per heavy atom. The van der Waals surface area contributed by atoms with Crippen molar-refractivity contribution in [2.45, 2.75) is 38.3 Å². The molecule has 17 heavy (non-hydrogen) atoms. The molecular formula is C14H18BrNO. The highest BCUT2D eigenvalue weighted by Gasteiger charge is 2.64. The smallest absolute Gasteiger partial charge is 0.169 e. The van der Waals surface area contributed by atoms with Crippen molar-refractivity contribution in [1.82, 2.24) is 5.32 Å². The minimum Gasteiger partial charge on any atom is -0.453 e. The zero-order valence-electron chi connectivity index (χ0n) is 10.0. The van der Waals surface area contributed by atoms with Gasteiger partial charge in [-0.1, -0.05) is 0 Å². The van der Waals surface area contributed by atoms with Crippen LogP contribution in [0.25, 0.3) is 0 Å². The molecule has 3 saturated carbocycles. The molecule has 0 saturated heterocycles. The molecule has 4 rings (SSSR count). The lowest BCUT2D eigenvalue weighted by molar-refractivity contribution is 0.381. The van der Waals surface area contributed by atoms with Crippen LogP contribution < -0.4 is 5.32 Å². The van der Waals surface area contributed by atoms with Crippen LogP contribution in [0.4, 0.5) is 0 Å². The molecule has 1 aromatic heterocycles. The van der Waals surface area contributed by atoms with Crippen LogP contribution in [0.1, 0.15) is 38.0 Å². The van der Waals surface area contributed by atoms with Crippen LogP contribution >= 0.6 is 15.9 Å². The van der Waals surface area contributed by atoms with Gasteiger partial charge in [0.1, 0.15) is 5.76 Å². The fourth-order valence-electron chi connectivity index (χ4n) is 4.48. The number of hydrogen-bond acceptors (Lipinski definition) is 2. The van der Waals surface area contributed by atoms with Gasteiger partial charge in [-0.3, -0.25) is 0 Å². The summed E-state index contributed by atoms with van der Waals surface area (Å²) < 4.78 is 6.45. The van der Waals surface area contributed by atoms with E-state index < -0.39 is 0 Å². The first-order chi connectivity index (χ1) is 8.24. The third-order valence-corrected chi connectivity index (χ3v) is 5.62. The Bertz CT molecular complexity index is 427. The van der Waals surface area contributed by atoms with E-state index in [1.54, 1.807) is 0 Å². The fourth-order valence-corrected chi connectivity index (χ4v) is 4.80. The van der Waals surface area contributed by atoms with Crippen LogP contribution in [0.5, 0.6) is 0 Å². The Labute approximate surface area is 110 Å². The van der Waals surface area contributed by atoms with Crippen LogP contribution in [0, 0.1) is 23.7 Å². The second-order valence-corrected chi connectivity index (χ2v) is 6.83. The Hall–Kier alpha value is -0.280. The van der Waals surface area contributed by atoms with Gasteiger partial charge in [-0.25, -0.2) is 0 Å². The highest BCUT2D eigenvalue weighted by atomic mass is 79.9. The van der Waals surface area contributed by atoms with E-state index in [1.807, 2.05) is 6.07 Å². The molecule has 5 unspecified atom stereocenters. The van der Waals surface area contributed by atoms with Crippen molar-refractivity contribution >= 4 is 15.9 Å². The summed E-state index contributed by atoms with van der Waals surface area (Å²) in [5.74, 6) is 5.12. The maximum atomic E-state index is 5.62. The first-order valence-electron chi connectivity index (χ1n) is 6.75. The number of hydrogen-bond donors (Lipinski definition) is 1. The molecule has 3 heteroatoms. The van der Waals surface area contributed by atoms with Gasteiger partial charge in [-0.15, -0.1) is 0 Å². The molecule has 3 aliphatic rings. The lowest BCUT2D eigenvalue weighted by Crippen LogP contribution is -2.25. The van der Waals surface area contributed by atoms with E-state index in [-0.39, 0.29) is 0 Å². The molecule has 5 atom stereocenters. The topological polar surface area (TPSA) is 25.2 Å². The summed E-state index contributed by atoms with van der Waals surface area (Å²) in [7, 11) is 0. The van der Waals surface area contributed by atoms with E-state index in [0.29, 0.717) is 6.04 Å². The maximum Gasteiger partial charge on any atom is 0.169 e. The van der Waals surface area contributed by atoms with Crippen molar-refractivity contribution in [1.29, 1.82) is 0 Å². The summed E-state index contributed by atoms with van der Waals surface area (Å²) in [6, 6.07) is 5.16. The third kappa shape index (κ3) is 1.55. The molecule has 0 radical (unpaired) electrons. The minimum absolute atomic E-state index is 0.344. The minimum atomic E-state index is 0.344. The standard InChI is InChI=1S/C14H18BrNO/c1-7(10-4-5-11(15)17-10)16-14-12-8-2-3-9(6-8)13(12)14/h4-5,7-9,12-14,16H,2-3,6H2,1H3. The highest BCUT2D eigenvalue weighted by Crippen LogP contribution is 2.65. The summed E-state index contributed by atoms with van der Waals surface area (Å²) in [5, 5.41) is 3.77. The van der Waals surface area contributed by atoms with Gasteiger partial charge >= 0.3 is 0 Å². The molecule has 1 aromatic rings. The van der Waals surface area contributed by atoms with Crippen LogP contribution in [0.2, 0.25) is 0 Å². The zero-order chi connectivity index (χ0) is 11.6. The van der Waals surface area contributed by atoms with Crippen molar-refractivity contribution in [2.75, 3.05) is 0 Å². The van der Waals surface area contributed by atoms with Gasteiger partial charge in [-0.2, -0.15) is 0 Å². The van der Waals surface area contributed by atoms with Crippen molar-refractivity contribution in [3.8, 4) is 0 Å². The summed E-state index contributed by atoms with van der Waals surface area (Å²) in [5.41, 5.74) is 0. The predicted octanol–water partition coefficient (Wildman–Crippen LogP) is 3.74. The average Bonchev–Trinajstić information content (AvgIpc) is 2.77. The van der Waals surface area contributed by atoms with E-state index in [2.05, 4.69) is 34.2 Å². The second kappa shape index (κ2) is 3.61. The Kier molecular flexibility index (Phi) is 2.26. The van der Waals surface area contributed by atoms with E-state index >= 15 is 0 Å². The molecule has 0 aromatic carbocycles. The predicted molar refractivity (Wildman–Crippen MR) is 69.6 cm³/mol. The van der Waals surface area contributed by atoms with Gasteiger partial charge < -0.3 is 9.73 Å². The highest BCUT2D eigenvalue weighted by molar-refractivity contribution is 9.10. The molecule has 0 spiro atoms. The van der Waals surface area contributed by atoms with Crippen LogP contribution in [0.3, 0.4) is 0 Å². The molecule has 2 bridgehead atoms. The van der Waals surface area contributed by atoms with Gasteiger partial charge in [0, 0.05) is 6.04 Å². The molecule has 0 amide bonds. The molecule has 1 heterocycles. The van der Waals surface area contributed by atoms with Gasteiger partial charge in [-0.05, 0) is 77.9 Å².